The van der Waals surface area contributed by atoms with Crippen molar-refractivity contribution in [3.05, 3.63) is 40.2 Å². The Labute approximate surface area is 112 Å². The van der Waals surface area contributed by atoms with Gasteiger partial charge in [-0.3, -0.25) is 0 Å². The van der Waals surface area contributed by atoms with E-state index in [1.807, 2.05) is 5.38 Å². The molecule has 2 aromatic rings. The summed E-state index contributed by atoms with van der Waals surface area (Å²) in [5.74, 6) is 0. The van der Waals surface area contributed by atoms with Gasteiger partial charge in [0.05, 0.1) is 16.3 Å². The number of halogens is 3. The van der Waals surface area contributed by atoms with Crippen molar-refractivity contribution < 1.29 is 18.3 Å². The molecule has 0 bridgehead atoms. The summed E-state index contributed by atoms with van der Waals surface area (Å²) in [4.78, 5) is 4.34. The number of hydrogen-bond acceptors (Lipinski definition) is 3. The first-order chi connectivity index (χ1) is 9.00. The van der Waals surface area contributed by atoms with Crippen LogP contribution in [0.1, 0.15) is 17.0 Å². The lowest BCUT2D eigenvalue weighted by Gasteiger charge is -2.06. The highest BCUT2D eigenvalue weighted by Gasteiger charge is 2.30. The molecule has 19 heavy (non-hydrogen) atoms. The largest absolute Gasteiger partial charge is 0.416 e. The summed E-state index contributed by atoms with van der Waals surface area (Å²) >= 11 is 1.45. The average molecular weight is 287 g/mol. The van der Waals surface area contributed by atoms with Crippen molar-refractivity contribution in [3.8, 4) is 11.3 Å². The van der Waals surface area contributed by atoms with Crippen LogP contribution in [0.3, 0.4) is 0 Å². The maximum Gasteiger partial charge on any atom is 0.416 e. The Morgan fingerprint density at radius 3 is 2.42 bits per heavy atom. The van der Waals surface area contributed by atoms with Crippen molar-refractivity contribution in [1.29, 1.82) is 0 Å². The lowest BCUT2D eigenvalue weighted by Crippen LogP contribution is -2.03. The van der Waals surface area contributed by atoms with Crippen LogP contribution in [0.4, 0.5) is 13.2 Å². The zero-order chi connectivity index (χ0) is 13.9. The number of aryl methyl sites for hydroxylation is 1. The molecule has 0 fully saturated rings. The molecular weight excluding hydrogens is 275 g/mol. The van der Waals surface area contributed by atoms with Crippen molar-refractivity contribution in [2.45, 2.75) is 19.0 Å². The second-order valence-electron chi connectivity index (χ2n) is 4.03. The molecule has 0 radical (unpaired) electrons. The second-order valence-corrected chi connectivity index (χ2v) is 4.97. The number of thiazole rings is 1. The van der Waals surface area contributed by atoms with Gasteiger partial charge in [0, 0.05) is 24.0 Å². The Bertz CT molecular complexity index is 534. The molecule has 1 heterocycles. The van der Waals surface area contributed by atoms with E-state index in [9.17, 15) is 13.2 Å². The Morgan fingerprint density at radius 2 is 1.84 bits per heavy atom. The van der Waals surface area contributed by atoms with Crippen molar-refractivity contribution >= 4 is 11.3 Å². The predicted molar refractivity (Wildman–Crippen MR) is 68.0 cm³/mol. The van der Waals surface area contributed by atoms with Gasteiger partial charge in [-0.2, -0.15) is 13.2 Å². The van der Waals surface area contributed by atoms with Gasteiger partial charge in [-0.15, -0.1) is 11.3 Å². The molecule has 0 atom stereocenters. The molecule has 2 nitrogen and oxygen atoms in total. The first-order valence-electron chi connectivity index (χ1n) is 5.73. The van der Waals surface area contributed by atoms with E-state index in [4.69, 9.17) is 5.11 Å². The van der Waals surface area contributed by atoms with Crippen LogP contribution in [0.15, 0.2) is 29.6 Å². The third kappa shape index (κ3) is 3.54. The van der Waals surface area contributed by atoms with E-state index in [-0.39, 0.29) is 6.61 Å². The predicted octanol–water partition coefficient (Wildman–Crippen LogP) is 3.75. The third-order valence-electron chi connectivity index (χ3n) is 2.61. The number of aliphatic hydroxyl groups is 1. The number of aromatic nitrogens is 1. The van der Waals surface area contributed by atoms with Crippen LogP contribution in [0.2, 0.25) is 0 Å². The summed E-state index contributed by atoms with van der Waals surface area (Å²) < 4.78 is 37.3. The number of nitrogens with zero attached hydrogens (tertiary/aromatic N) is 1. The summed E-state index contributed by atoms with van der Waals surface area (Å²) in [6, 6.07) is 4.96. The topological polar surface area (TPSA) is 33.1 Å². The SMILES string of the molecule is OCCCc1nc(-c2ccc(C(F)(F)F)cc2)cs1. The van der Waals surface area contributed by atoms with E-state index in [2.05, 4.69) is 4.98 Å². The molecule has 0 saturated heterocycles. The van der Waals surface area contributed by atoms with E-state index < -0.39 is 11.7 Å². The van der Waals surface area contributed by atoms with Crippen LogP contribution in [-0.2, 0) is 12.6 Å². The number of alkyl halides is 3. The molecule has 102 valence electrons. The quantitative estimate of drug-likeness (QED) is 0.929. The average Bonchev–Trinajstić information content (AvgIpc) is 2.84. The monoisotopic (exact) mass is 287 g/mol. The zero-order valence-electron chi connectivity index (χ0n) is 9.94. The molecule has 2 rings (SSSR count). The van der Waals surface area contributed by atoms with Crippen molar-refractivity contribution in [3.63, 3.8) is 0 Å². The summed E-state index contributed by atoms with van der Waals surface area (Å²) in [6.07, 6.45) is -2.99. The first-order valence-corrected chi connectivity index (χ1v) is 6.61. The molecule has 0 aliphatic heterocycles. The molecule has 0 amide bonds. The van der Waals surface area contributed by atoms with Crippen molar-refractivity contribution in [2.24, 2.45) is 0 Å². The van der Waals surface area contributed by atoms with Gasteiger partial charge in [-0.25, -0.2) is 4.98 Å². The highest BCUT2D eigenvalue weighted by molar-refractivity contribution is 7.09. The second kappa shape index (κ2) is 5.71. The number of benzene rings is 1. The maximum atomic E-state index is 12.4. The molecule has 6 heteroatoms. The number of rotatable bonds is 4. The van der Waals surface area contributed by atoms with Gasteiger partial charge >= 0.3 is 6.18 Å². The normalized spacial score (nSPS) is 11.8. The maximum absolute atomic E-state index is 12.4. The van der Waals surface area contributed by atoms with Gasteiger partial charge in [0.15, 0.2) is 0 Å². The van der Waals surface area contributed by atoms with Gasteiger partial charge < -0.3 is 5.11 Å². The molecule has 0 unspecified atom stereocenters. The van der Waals surface area contributed by atoms with Crippen LogP contribution in [0.5, 0.6) is 0 Å². The molecule has 1 aromatic heterocycles. The van der Waals surface area contributed by atoms with Gasteiger partial charge in [-0.05, 0) is 18.6 Å². The summed E-state index contributed by atoms with van der Waals surface area (Å²) in [5, 5.41) is 11.4. The Kier molecular flexibility index (Phi) is 4.21. The molecule has 0 aliphatic rings. The lowest BCUT2D eigenvalue weighted by atomic mass is 10.1. The minimum atomic E-state index is -4.31. The van der Waals surface area contributed by atoms with E-state index >= 15 is 0 Å². The highest BCUT2D eigenvalue weighted by Crippen LogP contribution is 2.31. The molecule has 1 N–H and O–H groups in total. The van der Waals surface area contributed by atoms with E-state index in [0.717, 1.165) is 17.1 Å². The van der Waals surface area contributed by atoms with Crippen LogP contribution in [0.25, 0.3) is 11.3 Å². The lowest BCUT2D eigenvalue weighted by molar-refractivity contribution is -0.137. The smallest absolute Gasteiger partial charge is 0.396 e. The zero-order valence-corrected chi connectivity index (χ0v) is 10.8. The third-order valence-corrected chi connectivity index (χ3v) is 3.52. The van der Waals surface area contributed by atoms with Crippen LogP contribution >= 0.6 is 11.3 Å². The minimum absolute atomic E-state index is 0.106. The summed E-state index contributed by atoms with van der Waals surface area (Å²) in [6.45, 7) is 0.106. The highest BCUT2D eigenvalue weighted by atomic mass is 32.1. The molecule has 0 spiro atoms. The molecule has 0 aliphatic carbocycles. The Balaban J connectivity index is 2.16. The Hall–Kier alpha value is -1.40. The summed E-state index contributed by atoms with van der Waals surface area (Å²) in [7, 11) is 0. The van der Waals surface area contributed by atoms with E-state index in [1.165, 1.54) is 23.5 Å². The van der Waals surface area contributed by atoms with Gasteiger partial charge in [0.2, 0.25) is 0 Å². The van der Waals surface area contributed by atoms with Crippen molar-refractivity contribution in [1.82, 2.24) is 4.98 Å². The van der Waals surface area contributed by atoms with Gasteiger partial charge in [-0.1, -0.05) is 12.1 Å². The first kappa shape index (κ1) is 14.0. The van der Waals surface area contributed by atoms with Crippen LogP contribution in [0, 0.1) is 0 Å². The van der Waals surface area contributed by atoms with Gasteiger partial charge in [0.1, 0.15) is 0 Å². The van der Waals surface area contributed by atoms with Crippen LogP contribution < -0.4 is 0 Å². The van der Waals surface area contributed by atoms with Crippen molar-refractivity contribution in [2.75, 3.05) is 6.61 Å². The van der Waals surface area contributed by atoms with E-state index in [1.54, 1.807) is 0 Å². The van der Waals surface area contributed by atoms with Gasteiger partial charge in [0.25, 0.3) is 0 Å². The Morgan fingerprint density at radius 1 is 1.16 bits per heavy atom. The number of hydrogen-bond donors (Lipinski definition) is 1. The molecular formula is C13H12F3NOS. The number of aliphatic hydroxyl groups excluding tert-OH is 1. The minimum Gasteiger partial charge on any atom is -0.396 e. The fourth-order valence-electron chi connectivity index (χ4n) is 1.62. The standard InChI is InChI=1S/C13H12F3NOS/c14-13(15,16)10-5-3-9(4-6-10)11-8-19-12(17-11)2-1-7-18/h3-6,8,18H,1-2,7H2. The van der Waals surface area contributed by atoms with E-state index in [0.29, 0.717) is 24.1 Å². The van der Waals surface area contributed by atoms with Crippen LogP contribution in [-0.4, -0.2) is 16.7 Å². The fourth-order valence-corrected chi connectivity index (χ4v) is 2.47. The fraction of sp³-hybridized carbons (Fsp3) is 0.308. The molecule has 1 aromatic carbocycles. The molecule has 0 saturated carbocycles. The summed E-state index contributed by atoms with van der Waals surface area (Å²) in [5.41, 5.74) is 0.679.